The SMILES string of the molecule is CC(CC(N)=O)c1c(-c2ccc(O)cc2)[nH]c2nccnc12. The molecule has 4 N–H and O–H groups in total. The topological polar surface area (TPSA) is 105 Å². The van der Waals surface area contributed by atoms with E-state index in [1.807, 2.05) is 6.92 Å². The van der Waals surface area contributed by atoms with E-state index in [2.05, 4.69) is 15.0 Å². The highest BCUT2D eigenvalue weighted by Gasteiger charge is 2.21. The van der Waals surface area contributed by atoms with Crippen molar-refractivity contribution in [3.63, 3.8) is 0 Å². The number of phenolic OH excluding ortho intramolecular Hbond substituents is 1. The molecule has 3 rings (SSSR count). The normalized spacial score (nSPS) is 12.4. The van der Waals surface area contributed by atoms with Crippen molar-refractivity contribution >= 4 is 17.1 Å². The molecular weight excluding hydrogens is 280 g/mol. The molecule has 0 aliphatic carbocycles. The first kappa shape index (κ1) is 14.1. The van der Waals surface area contributed by atoms with E-state index in [9.17, 15) is 9.90 Å². The third-order valence-electron chi connectivity index (χ3n) is 3.62. The molecule has 22 heavy (non-hydrogen) atoms. The number of carbonyl (C=O) groups excluding carboxylic acids is 1. The molecule has 1 unspecified atom stereocenters. The number of rotatable bonds is 4. The van der Waals surface area contributed by atoms with E-state index in [-0.39, 0.29) is 24.0 Å². The molecule has 6 heteroatoms. The maximum atomic E-state index is 11.3. The van der Waals surface area contributed by atoms with Gasteiger partial charge in [0.1, 0.15) is 11.3 Å². The summed E-state index contributed by atoms with van der Waals surface area (Å²) < 4.78 is 0. The van der Waals surface area contributed by atoms with Crippen LogP contribution in [0.2, 0.25) is 0 Å². The lowest BCUT2D eigenvalue weighted by Crippen LogP contribution is -2.14. The Bertz CT molecular complexity index is 824. The molecule has 0 aliphatic rings. The number of aromatic hydroxyl groups is 1. The molecule has 0 saturated heterocycles. The van der Waals surface area contributed by atoms with Gasteiger partial charge in [-0.25, -0.2) is 4.98 Å². The van der Waals surface area contributed by atoms with Crippen LogP contribution in [-0.2, 0) is 4.79 Å². The molecule has 2 aromatic heterocycles. The Labute approximate surface area is 127 Å². The van der Waals surface area contributed by atoms with Gasteiger partial charge in [-0.05, 0) is 35.7 Å². The first-order valence-electron chi connectivity index (χ1n) is 6.96. The van der Waals surface area contributed by atoms with Gasteiger partial charge in [0.15, 0.2) is 5.65 Å². The van der Waals surface area contributed by atoms with Crippen molar-refractivity contribution in [3.8, 4) is 17.0 Å². The van der Waals surface area contributed by atoms with Crippen LogP contribution in [0.5, 0.6) is 5.75 Å². The number of aromatic amines is 1. The summed E-state index contributed by atoms with van der Waals surface area (Å²) >= 11 is 0. The molecule has 0 bridgehead atoms. The Balaban J connectivity index is 2.20. The van der Waals surface area contributed by atoms with Crippen molar-refractivity contribution in [2.24, 2.45) is 5.73 Å². The Morgan fingerprint density at radius 1 is 1.27 bits per heavy atom. The number of nitrogens with zero attached hydrogens (tertiary/aromatic N) is 2. The Kier molecular flexibility index (Phi) is 3.50. The van der Waals surface area contributed by atoms with Crippen LogP contribution in [0.1, 0.15) is 24.8 Å². The van der Waals surface area contributed by atoms with Crippen LogP contribution in [0.3, 0.4) is 0 Å². The molecule has 0 aliphatic heterocycles. The highest BCUT2D eigenvalue weighted by Crippen LogP contribution is 2.35. The third kappa shape index (κ3) is 2.50. The van der Waals surface area contributed by atoms with Crippen LogP contribution in [0.25, 0.3) is 22.4 Å². The molecular formula is C16H16N4O2. The number of aromatic nitrogens is 3. The molecule has 0 fully saturated rings. The van der Waals surface area contributed by atoms with Crippen LogP contribution < -0.4 is 5.73 Å². The van der Waals surface area contributed by atoms with Crippen molar-refractivity contribution in [2.45, 2.75) is 19.3 Å². The number of phenols is 1. The van der Waals surface area contributed by atoms with E-state index in [0.717, 1.165) is 22.3 Å². The van der Waals surface area contributed by atoms with Gasteiger partial charge in [0.2, 0.25) is 5.91 Å². The number of fused-ring (bicyclic) bond motifs is 1. The van der Waals surface area contributed by atoms with E-state index in [0.29, 0.717) is 5.65 Å². The second-order valence-electron chi connectivity index (χ2n) is 5.29. The van der Waals surface area contributed by atoms with Crippen molar-refractivity contribution in [1.82, 2.24) is 15.0 Å². The predicted octanol–water partition coefficient (Wildman–Crippen LogP) is 2.31. The molecule has 3 aromatic rings. The number of hydrogen-bond donors (Lipinski definition) is 3. The van der Waals surface area contributed by atoms with E-state index >= 15 is 0 Å². The zero-order valence-corrected chi connectivity index (χ0v) is 12.1. The van der Waals surface area contributed by atoms with Crippen molar-refractivity contribution in [1.29, 1.82) is 0 Å². The van der Waals surface area contributed by atoms with Crippen molar-refractivity contribution in [2.75, 3.05) is 0 Å². The number of nitrogens with one attached hydrogen (secondary N) is 1. The van der Waals surface area contributed by atoms with Gasteiger partial charge in [-0.3, -0.25) is 9.78 Å². The number of nitrogens with two attached hydrogens (primary N) is 1. The lowest BCUT2D eigenvalue weighted by Gasteiger charge is -2.11. The summed E-state index contributed by atoms with van der Waals surface area (Å²) in [5.74, 6) is -0.253. The van der Waals surface area contributed by atoms with E-state index < -0.39 is 0 Å². The maximum Gasteiger partial charge on any atom is 0.218 e. The van der Waals surface area contributed by atoms with E-state index in [1.54, 1.807) is 36.7 Å². The number of hydrogen-bond acceptors (Lipinski definition) is 4. The lowest BCUT2D eigenvalue weighted by atomic mass is 9.94. The Morgan fingerprint density at radius 2 is 1.95 bits per heavy atom. The molecule has 2 heterocycles. The standard InChI is InChI=1S/C16H16N4O2/c1-9(8-12(17)22)13-14(10-2-4-11(21)5-3-10)20-16-15(13)18-6-7-19-16/h2-7,9,21H,8H2,1H3,(H2,17,22)(H,19,20). The molecule has 1 aromatic carbocycles. The fourth-order valence-electron chi connectivity index (χ4n) is 2.67. The summed E-state index contributed by atoms with van der Waals surface area (Å²) in [5, 5.41) is 9.44. The number of primary amides is 1. The summed E-state index contributed by atoms with van der Waals surface area (Å²) in [6, 6.07) is 6.84. The lowest BCUT2D eigenvalue weighted by molar-refractivity contribution is -0.118. The number of benzene rings is 1. The van der Waals surface area contributed by atoms with Gasteiger partial charge in [-0.2, -0.15) is 0 Å². The number of carbonyl (C=O) groups is 1. The highest BCUT2D eigenvalue weighted by atomic mass is 16.3. The van der Waals surface area contributed by atoms with Crippen molar-refractivity contribution in [3.05, 3.63) is 42.2 Å². The fourth-order valence-corrected chi connectivity index (χ4v) is 2.67. The van der Waals surface area contributed by atoms with E-state index in [4.69, 9.17) is 5.73 Å². The second kappa shape index (κ2) is 5.48. The summed E-state index contributed by atoms with van der Waals surface area (Å²) in [4.78, 5) is 23.2. The summed E-state index contributed by atoms with van der Waals surface area (Å²) in [6.07, 6.45) is 3.47. The minimum absolute atomic E-state index is 0.0910. The maximum absolute atomic E-state index is 11.3. The monoisotopic (exact) mass is 296 g/mol. The molecule has 1 atom stereocenters. The summed E-state index contributed by atoms with van der Waals surface area (Å²) in [6.45, 7) is 1.94. The van der Waals surface area contributed by atoms with Gasteiger partial charge >= 0.3 is 0 Å². The summed E-state index contributed by atoms with van der Waals surface area (Å²) in [7, 11) is 0. The second-order valence-corrected chi connectivity index (χ2v) is 5.29. The molecule has 1 amide bonds. The average Bonchev–Trinajstić information content (AvgIpc) is 2.86. The van der Waals surface area contributed by atoms with E-state index in [1.165, 1.54) is 0 Å². The quantitative estimate of drug-likeness (QED) is 0.687. The summed E-state index contributed by atoms with van der Waals surface area (Å²) in [5.41, 5.74) is 9.38. The van der Waals surface area contributed by atoms with Gasteiger partial charge in [0.05, 0.1) is 5.69 Å². The Hall–Kier alpha value is -2.89. The first-order valence-corrected chi connectivity index (χ1v) is 6.96. The average molecular weight is 296 g/mol. The van der Waals surface area contributed by atoms with Gasteiger partial charge in [-0.1, -0.05) is 6.92 Å². The predicted molar refractivity (Wildman–Crippen MR) is 83.2 cm³/mol. The molecule has 0 spiro atoms. The van der Waals surface area contributed by atoms with Crippen LogP contribution in [-0.4, -0.2) is 26.0 Å². The van der Waals surface area contributed by atoms with Crippen LogP contribution in [0, 0.1) is 0 Å². The van der Waals surface area contributed by atoms with Gasteiger partial charge < -0.3 is 15.8 Å². The minimum Gasteiger partial charge on any atom is -0.508 e. The molecule has 0 radical (unpaired) electrons. The molecule has 0 saturated carbocycles. The smallest absolute Gasteiger partial charge is 0.218 e. The van der Waals surface area contributed by atoms with Gasteiger partial charge in [0.25, 0.3) is 0 Å². The van der Waals surface area contributed by atoms with Crippen LogP contribution >= 0.6 is 0 Å². The minimum atomic E-state index is -0.359. The number of amides is 1. The molecule has 112 valence electrons. The van der Waals surface area contributed by atoms with Crippen LogP contribution in [0.4, 0.5) is 0 Å². The fraction of sp³-hybridized carbons (Fsp3) is 0.188. The first-order chi connectivity index (χ1) is 10.6. The number of H-pyrrole nitrogens is 1. The zero-order valence-electron chi connectivity index (χ0n) is 12.1. The van der Waals surface area contributed by atoms with Gasteiger partial charge in [-0.15, -0.1) is 0 Å². The third-order valence-corrected chi connectivity index (χ3v) is 3.62. The van der Waals surface area contributed by atoms with Crippen molar-refractivity contribution < 1.29 is 9.90 Å². The van der Waals surface area contributed by atoms with Crippen LogP contribution in [0.15, 0.2) is 36.7 Å². The highest BCUT2D eigenvalue weighted by molar-refractivity contribution is 5.87. The Morgan fingerprint density at radius 3 is 2.64 bits per heavy atom. The largest absolute Gasteiger partial charge is 0.508 e. The zero-order chi connectivity index (χ0) is 15.7. The van der Waals surface area contributed by atoms with Gasteiger partial charge in [0, 0.05) is 24.4 Å². The molecule has 6 nitrogen and oxygen atoms in total.